The van der Waals surface area contributed by atoms with E-state index in [1.807, 2.05) is 6.92 Å². The van der Waals surface area contributed by atoms with E-state index in [0.29, 0.717) is 31.0 Å². The van der Waals surface area contributed by atoms with E-state index >= 15 is 0 Å². The molecule has 1 unspecified atom stereocenters. The van der Waals surface area contributed by atoms with Crippen LogP contribution in [-0.4, -0.2) is 12.1 Å². The maximum absolute atomic E-state index is 13.4. The normalized spacial score (nSPS) is 12.8. The Labute approximate surface area is 159 Å². The third kappa shape index (κ3) is 8.76. The highest BCUT2D eigenvalue weighted by molar-refractivity contribution is 5.91. The molecule has 0 saturated carbocycles. The summed E-state index contributed by atoms with van der Waals surface area (Å²) < 4.78 is 57.9. The van der Waals surface area contributed by atoms with Crippen LogP contribution in [0.2, 0.25) is 0 Å². The minimum absolute atomic E-state index is 0.442. The predicted molar refractivity (Wildman–Crippen MR) is 98.1 cm³/mol. The van der Waals surface area contributed by atoms with E-state index in [0.717, 1.165) is 25.7 Å². The molecule has 27 heavy (non-hydrogen) atoms. The molecule has 0 radical (unpaired) electrons. The maximum atomic E-state index is 13.4. The lowest BCUT2D eigenvalue weighted by Gasteiger charge is -2.19. The first-order valence-electron chi connectivity index (χ1n) is 9.87. The smallest absolute Gasteiger partial charge is 0.417 e. The van der Waals surface area contributed by atoms with Crippen molar-refractivity contribution >= 4 is 5.97 Å². The Morgan fingerprint density at radius 2 is 1.59 bits per heavy atom. The van der Waals surface area contributed by atoms with Crippen molar-refractivity contribution in [1.29, 1.82) is 0 Å². The van der Waals surface area contributed by atoms with Gasteiger partial charge in [0.15, 0.2) is 0 Å². The summed E-state index contributed by atoms with van der Waals surface area (Å²) in [4.78, 5) is 12.3. The van der Waals surface area contributed by atoms with Crippen LogP contribution in [0.15, 0.2) is 18.2 Å². The Kier molecular flexibility index (Phi) is 10.4. The third-order valence-electron chi connectivity index (χ3n) is 4.52. The van der Waals surface area contributed by atoms with Crippen molar-refractivity contribution in [3.05, 3.63) is 35.1 Å². The first-order chi connectivity index (χ1) is 12.8. The standard InChI is InChI=1S/C21H30F4O2/c1-3-5-6-7-8-9-10-12-17(11-4-2)27-20(26)18-15-16(22)13-14-19(18)21(23,24)25/h13-15,17H,3-12H2,1-2H3. The van der Waals surface area contributed by atoms with E-state index in [-0.39, 0.29) is 0 Å². The van der Waals surface area contributed by atoms with Crippen molar-refractivity contribution < 1.29 is 27.1 Å². The first kappa shape index (κ1) is 23.4. The number of carbonyl (C=O) groups is 1. The number of hydrogen-bond donors (Lipinski definition) is 0. The fourth-order valence-electron chi connectivity index (χ4n) is 3.06. The molecule has 0 aromatic heterocycles. The number of esters is 1. The van der Waals surface area contributed by atoms with Crippen LogP contribution in [0.4, 0.5) is 17.6 Å². The summed E-state index contributed by atoms with van der Waals surface area (Å²) in [6.45, 7) is 4.08. The van der Waals surface area contributed by atoms with E-state index in [1.165, 1.54) is 25.7 Å². The summed E-state index contributed by atoms with van der Waals surface area (Å²) in [5.74, 6) is -2.00. The van der Waals surface area contributed by atoms with Gasteiger partial charge >= 0.3 is 12.1 Å². The van der Waals surface area contributed by atoms with Crippen molar-refractivity contribution in [2.75, 3.05) is 0 Å². The van der Waals surface area contributed by atoms with Gasteiger partial charge in [-0.1, -0.05) is 58.8 Å². The van der Waals surface area contributed by atoms with Gasteiger partial charge in [-0.15, -0.1) is 0 Å². The monoisotopic (exact) mass is 390 g/mol. The van der Waals surface area contributed by atoms with Crippen LogP contribution in [0.5, 0.6) is 0 Å². The number of hydrogen-bond acceptors (Lipinski definition) is 2. The zero-order chi connectivity index (χ0) is 20.3. The van der Waals surface area contributed by atoms with Crippen molar-refractivity contribution in [3.8, 4) is 0 Å². The second kappa shape index (κ2) is 12.0. The quantitative estimate of drug-likeness (QED) is 0.212. The van der Waals surface area contributed by atoms with Gasteiger partial charge in [0.25, 0.3) is 0 Å². The summed E-state index contributed by atoms with van der Waals surface area (Å²) in [5, 5.41) is 0. The molecule has 0 heterocycles. The Morgan fingerprint density at radius 1 is 0.963 bits per heavy atom. The zero-order valence-electron chi connectivity index (χ0n) is 16.2. The molecular weight excluding hydrogens is 360 g/mol. The molecule has 6 heteroatoms. The topological polar surface area (TPSA) is 26.3 Å². The number of alkyl halides is 3. The molecule has 0 fully saturated rings. The molecule has 0 spiro atoms. The van der Waals surface area contributed by atoms with Gasteiger partial charge in [-0.25, -0.2) is 9.18 Å². The highest BCUT2D eigenvalue weighted by Gasteiger charge is 2.36. The number of ether oxygens (including phenoxy) is 1. The van der Waals surface area contributed by atoms with E-state index in [1.54, 1.807) is 0 Å². The molecule has 0 aliphatic heterocycles. The second-order valence-electron chi connectivity index (χ2n) is 6.91. The van der Waals surface area contributed by atoms with Gasteiger partial charge in [-0.3, -0.25) is 0 Å². The van der Waals surface area contributed by atoms with Gasteiger partial charge < -0.3 is 4.74 Å². The van der Waals surface area contributed by atoms with Crippen LogP contribution in [0.3, 0.4) is 0 Å². The summed E-state index contributed by atoms with van der Waals surface area (Å²) in [7, 11) is 0. The lowest BCUT2D eigenvalue weighted by molar-refractivity contribution is -0.138. The molecule has 0 bridgehead atoms. The number of benzene rings is 1. The molecule has 0 saturated heterocycles. The molecule has 1 aromatic carbocycles. The van der Waals surface area contributed by atoms with Crippen LogP contribution >= 0.6 is 0 Å². The zero-order valence-corrected chi connectivity index (χ0v) is 16.2. The SMILES string of the molecule is CCCCCCCCCC(CCC)OC(=O)c1cc(F)ccc1C(F)(F)F. The minimum atomic E-state index is -4.74. The highest BCUT2D eigenvalue weighted by Crippen LogP contribution is 2.33. The van der Waals surface area contributed by atoms with Crippen LogP contribution in [0.1, 0.15) is 94.0 Å². The molecule has 1 atom stereocenters. The van der Waals surface area contributed by atoms with Crippen LogP contribution in [0, 0.1) is 5.82 Å². The van der Waals surface area contributed by atoms with Gasteiger partial charge in [-0.2, -0.15) is 13.2 Å². The van der Waals surface area contributed by atoms with E-state index in [2.05, 4.69) is 6.92 Å². The molecule has 154 valence electrons. The van der Waals surface area contributed by atoms with Gasteiger partial charge in [0.2, 0.25) is 0 Å². The van der Waals surface area contributed by atoms with Gasteiger partial charge in [0.1, 0.15) is 11.9 Å². The van der Waals surface area contributed by atoms with E-state index < -0.39 is 35.2 Å². The third-order valence-corrected chi connectivity index (χ3v) is 4.52. The van der Waals surface area contributed by atoms with E-state index in [9.17, 15) is 22.4 Å². The lowest BCUT2D eigenvalue weighted by Crippen LogP contribution is -2.21. The largest absolute Gasteiger partial charge is 0.459 e. The summed E-state index contributed by atoms with van der Waals surface area (Å²) >= 11 is 0. The number of rotatable bonds is 12. The minimum Gasteiger partial charge on any atom is -0.459 e. The highest BCUT2D eigenvalue weighted by atomic mass is 19.4. The van der Waals surface area contributed by atoms with Gasteiger partial charge in [-0.05, 0) is 37.5 Å². The number of halogens is 4. The van der Waals surface area contributed by atoms with Crippen molar-refractivity contribution in [3.63, 3.8) is 0 Å². The number of carbonyl (C=O) groups excluding carboxylic acids is 1. The summed E-state index contributed by atoms with van der Waals surface area (Å²) in [6, 6.07) is 1.88. The lowest BCUT2D eigenvalue weighted by atomic mass is 10.0. The molecule has 0 aliphatic carbocycles. The van der Waals surface area contributed by atoms with Crippen LogP contribution < -0.4 is 0 Å². The van der Waals surface area contributed by atoms with Gasteiger partial charge in [0, 0.05) is 0 Å². The Balaban J connectivity index is 2.64. The first-order valence-corrected chi connectivity index (χ1v) is 9.87. The molecular formula is C21H30F4O2. The predicted octanol–water partition coefficient (Wildman–Crippen LogP) is 7.31. The molecule has 0 aliphatic rings. The fourth-order valence-corrected chi connectivity index (χ4v) is 3.06. The maximum Gasteiger partial charge on any atom is 0.417 e. The van der Waals surface area contributed by atoms with E-state index in [4.69, 9.17) is 4.74 Å². The van der Waals surface area contributed by atoms with Crippen LogP contribution in [-0.2, 0) is 10.9 Å². The molecule has 0 amide bonds. The van der Waals surface area contributed by atoms with Crippen molar-refractivity contribution in [2.24, 2.45) is 0 Å². The van der Waals surface area contributed by atoms with Crippen molar-refractivity contribution in [2.45, 2.75) is 90.3 Å². The number of unbranched alkanes of at least 4 members (excludes halogenated alkanes) is 6. The summed E-state index contributed by atoms with van der Waals surface area (Å²) in [5.41, 5.74) is -1.93. The summed E-state index contributed by atoms with van der Waals surface area (Å²) in [6.07, 6.45) is 4.55. The molecule has 2 nitrogen and oxygen atoms in total. The molecule has 1 aromatic rings. The second-order valence-corrected chi connectivity index (χ2v) is 6.91. The average Bonchev–Trinajstić information content (AvgIpc) is 2.59. The molecule has 0 N–H and O–H groups in total. The Hall–Kier alpha value is -1.59. The Morgan fingerprint density at radius 3 is 2.19 bits per heavy atom. The average molecular weight is 390 g/mol. The van der Waals surface area contributed by atoms with Crippen molar-refractivity contribution in [1.82, 2.24) is 0 Å². The Bertz CT molecular complexity index is 570. The fraction of sp³-hybridized carbons (Fsp3) is 0.667. The van der Waals surface area contributed by atoms with Gasteiger partial charge in [0.05, 0.1) is 11.1 Å². The van der Waals surface area contributed by atoms with Crippen LogP contribution in [0.25, 0.3) is 0 Å². The molecule has 1 rings (SSSR count).